The van der Waals surface area contributed by atoms with Gasteiger partial charge in [-0.05, 0) is 35.9 Å². The zero-order valence-electron chi connectivity index (χ0n) is 17.2. The summed E-state index contributed by atoms with van der Waals surface area (Å²) in [5, 5.41) is 22.8. The van der Waals surface area contributed by atoms with Gasteiger partial charge in [0.1, 0.15) is 5.82 Å². The van der Waals surface area contributed by atoms with Gasteiger partial charge in [0.15, 0.2) is 11.0 Å². The number of nitro benzene ring substituents is 1. The van der Waals surface area contributed by atoms with Gasteiger partial charge in [0.2, 0.25) is 0 Å². The molecule has 4 rings (SSSR count). The number of thioether (sulfide) groups is 1. The molecule has 0 fully saturated rings. The molecular formula is C23H18FN5O3S. The van der Waals surface area contributed by atoms with Gasteiger partial charge in [-0.25, -0.2) is 4.39 Å². The van der Waals surface area contributed by atoms with Crippen molar-refractivity contribution >= 4 is 23.4 Å². The average Bonchev–Trinajstić information content (AvgIpc) is 3.24. The lowest BCUT2D eigenvalue weighted by Crippen LogP contribution is -2.24. The number of rotatable bonds is 8. The summed E-state index contributed by atoms with van der Waals surface area (Å²) in [6, 6.07) is 21.2. The summed E-state index contributed by atoms with van der Waals surface area (Å²) in [5.74, 6) is 0.119. The Balaban J connectivity index is 1.59. The van der Waals surface area contributed by atoms with E-state index in [0.717, 1.165) is 11.6 Å². The van der Waals surface area contributed by atoms with Crippen molar-refractivity contribution in [2.24, 2.45) is 0 Å². The highest BCUT2D eigenvalue weighted by atomic mass is 32.2. The molecule has 0 spiro atoms. The van der Waals surface area contributed by atoms with E-state index in [1.165, 1.54) is 42.1 Å². The summed E-state index contributed by atoms with van der Waals surface area (Å²) in [6.45, 7) is 0.0330. The molecule has 0 radical (unpaired) electrons. The first-order valence-electron chi connectivity index (χ1n) is 9.91. The molecule has 10 heteroatoms. The SMILES string of the molecule is O=C(NCc1nnc(SCc2ccccc2)n1-c1ccc([N+](=O)[O-])cc1)c1cccc(F)c1. The van der Waals surface area contributed by atoms with E-state index in [0.29, 0.717) is 22.4 Å². The number of halogens is 1. The van der Waals surface area contributed by atoms with Crippen molar-refractivity contribution < 1.29 is 14.1 Å². The second-order valence-electron chi connectivity index (χ2n) is 6.98. The number of amides is 1. The van der Waals surface area contributed by atoms with Crippen molar-refractivity contribution in [3.63, 3.8) is 0 Å². The van der Waals surface area contributed by atoms with Crippen LogP contribution in [0.15, 0.2) is 84.0 Å². The van der Waals surface area contributed by atoms with Crippen molar-refractivity contribution in [2.45, 2.75) is 17.5 Å². The smallest absolute Gasteiger partial charge is 0.269 e. The number of nitro groups is 1. The van der Waals surface area contributed by atoms with Crippen LogP contribution in [0.1, 0.15) is 21.7 Å². The Bertz CT molecular complexity index is 1280. The molecule has 0 aliphatic heterocycles. The van der Waals surface area contributed by atoms with E-state index in [4.69, 9.17) is 0 Å². The number of nitrogens with one attached hydrogen (secondary N) is 1. The highest BCUT2D eigenvalue weighted by molar-refractivity contribution is 7.98. The first-order chi connectivity index (χ1) is 16.0. The van der Waals surface area contributed by atoms with Crippen molar-refractivity contribution in [1.82, 2.24) is 20.1 Å². The summed E-state index contributed by atoms with van der Waals surface area (Å²) in [6.07, 6.45) is 0. The van der Waals surface area contributed by atoms with Gasteiger partial charge in [0.25, 0.3) is 11.6 Å². The number of nitrogens with zero attached hydrogens (tertiary/aromatic N) is 4. The van der Waals surface area contributed by atoms with Crippen molar-refractivity contribution in [3.05, 3.63) is 112 Å². The minimum atomic E-state index is -0.503. The average molecular weight is 463 g/mol. The Labute approximate surface area is 192 Å². The predicted molar refractivity (Wildman–Crippen MR) is 122 cm³/mol. The molecule has 0 atom stereocenters. The van der Waals surface area contributed by atoms with Crippen LogP contribution in [0.5, 0.6) is 0 Å². The zero-order valence-corrected chi connectivity index (χ0v) is 18.0. The maximum atomic E-state index is 13.4. The number of carbonyl (C=O) groups is 1. The fourth-order valence-electron chi connectivity index (χ4n) is 3.10. The Hall–Kier alpha value is -4.05. The molecule has 0 bridgehead atoms. The highest BCUT2D eigenvalue weighted by Crippen LogP contribution is 2.26. The Kier molecular flexibility index (Phi) is 6.75. The molecule has 166 valence electrons. The molecule has 0 aliphatic rings. The van der Waals surface area contributed by atoms with Gasteiger partial charge in [-0.3, -0.25) is 19.5 Å². The molecule has 33 heavy (non-hydrogen) atoms. The van der Waals surface area contributed by atoms with Gasteiger partial charge in [-0.2, -0.15) is 0 Å². The standard InChI is InChI=1S/C23H18FN5O3S/c24-18-8-4-7-17(13-18)22(30)25-14-21-26-27-23(33-15-16-5-2-1-3-6-16)28(21)19-9-11-20(12-10-19)29(31)32/h1-13H,14-15H2,(H,25,30). The van der Waals surface area contributed by atoms with Crippen LogP contribution in [0.25, 0.3) is 5.69 Å². The fraction of sp³-hybridized carbons (Fsp3) is 0.0870. The number of benzene rings is 3. The molecule has 1 N–H and O–H groups in total. The Morgan fingerprint density at radius 3 is 2.48 bits per heavy atom. The molecule has 4 aromatic rings. The molecule has 0 saturated heterocycles. The van der Waals surface area contributed by atoms with Crippen LogP contribution in [0.4, 0.5) is 10.1 Å². The van der Waals surface area contributed by atoms with E-state index in [1.807, 2.05) is 30.3 Å². The van der Waals surface area contributed by atoms with E-state index in [1.54, 1.807) is 16.7 Å². The molecule has 8 nitrogen and oxygen atoms in total. The van der Waals surface area contributed by atoms with E-state index in [-0.39, 0.29) is 17.8 Å². The van der Waals surface area contributed by atoms with E-state index < -0.39 is 16.6 Å². The monoisotopic (exact) mass is 463 g/mol. The van der Waals surface area contributed by atoms with Crippen molar-refractivity contribution in [2.75, 3.05) is 0 Å². The van der Waals surface area contributed by atoms with Gasteiger partial charge in [-0.15, -0.1) is 10.2 Å². The topological polar surface area (TPSA) is 103 Å². The van der Waals surface area contributed by atoms with Crippen molar-refractivity contribution in [1.29, 1.82) is 0 Å². The van der Waals surface area contributed by atoms with Crippen LogP contribution in [-0.2, 0) is 12.3 Å². The first-order valence-corrected chi connectivity index (χ1v) is 10.9. The first kappa shape index (κ1) is 22.2. The minimum Gasteiger partial charge on any atom is -0.345 e. The fourth-order valence-corrected chi connectivity index (χ4v) is 4.03. The molecule has 0 saturated carbocycles. The second-order valence-corrected chi connectivity index (χ2v) is 7.92. The Morgan fingerprint density at radius 2 is 1.79 bits per heavy atom. The van der Waals surface area contributed by atoms with Crippen LogP contribution < -0.4 is 5.32 Å². The number of hydrogen-bond acceptors (Lipinski definition) is 6. The third-order valence-electron chi connectivity index (χ3n) is 4.72. The predicted octanol–water partition coefficient (Wildman–Crippen LogP) is 4.54. The quantitative estimate of drug-likeness (QED) is 0.234. The Morgan fingerprint density at radius 1 is 1.03 bits per heavy atom. The minimum absolute atomic E-state index is 0.0330. The second kappa shape index (κ2) is 10.0. The van der Waals surface area contributed by atoms with E-state index in [2.05, 4.69) is 15.5 Å². The summed E-state index contributed by atoms with van der Waals surface area (Å²) in [7, 11) is 0. The third kappa shape index (κ3) is 5.42. The highest BCUT2D eigenvalue weighted by Gasteiger charge is 2.17. The molecule has 1 aromatic heterocycles. The zero-order chi connectivity index (χ0) is 23.2. The van der Waals surface area contributed by atoms with Gasteiger partial charge < -0.3 is 5.32 Å². The number of carbonyl (C=O) groups excluding carboxylic acids is 1. The lowest BCUT2D eigenvalue weighted by Gasteiger charge is -2.11. The van der Waals surface area contributed by atoms with Crippen molar-refractivity contribution in [3.8, 4) is 5.69 Å². The molecule has 0 aliphatic carbocycles. The van der Waals surface area contributed by atoms with E-state index in [9.17, 15) is 19.3 Å². The molecule has 1 amide bonds. The van der Waals surface area contributed by atoms with Crippen LogP contribution in [0, 0.1) is 15.9 Å². The molecule has 3 aromatic carbocycles. The summed E-state index contributed by atoms with van der Waals surface area (Å²) < 4.78 is 15.2. The van der Waals surface area contributed by atoms with Crippen LogP contribution in [0.3, 0.4) is 0 Å². The summed E-state index contributed by atoms with van der Waals surface area (Å²) >= 11 is 1.45. The number of aromatic nitrogens is 3. The van der Waals surface area contributed by atoms with Gasteiger partial charge >= 0.3 is 0 Å². The lowest BCUT2D eigenvalue weighted by atomic mass is 10.2. The van der Waals surface area contributed by atoms with Crippen LogP contribution in [-0.4, -0.2) is 25.6 Å². The maximum absolute atomic E-state index is 13.4. The molecule has 0 unspecified atom stereocenters. The molecule has 1 heterocycles. The maximum Gasteiger partial charge on any atom is 0.269 e. The third-order valence-corrected chi connectivity index (χ3v) is 5.72. The lowest BCUT2D eigenvalue weighted by molar-refractivity contribution is -0.384. The normalized spacial score (nSPS) is 10.7. The van der Waals surface area contributed by atoms with Crippen LogP contribution >= 0.6 is 11.8 Å². The van der Waals surface area contributed by atoms with Gasteiger partial charge in [-0.1, -0.05) is 48.2 Å². The van der Waals surface area contributed by atoms with Gasteiger partial charge in [0.05, 0.1) is 11.5 Å². The summed E-state index contributed by atoms with van der Waals surface area (Å²) in [5.41, 5.74) is 1.87. The van der Waals surface area contributed by atoms with Crippen LogP contribution in [0.2, 0.25) is 0 Å². The number of hydrogen-bond donors (Lipinski definition) is 1. The summed E-state index contributed by atoms with van der Waals surface area (Å²) in [4.78, 5) is 23.0. The van der Waals surface area contributed by atoms with Gasteiger partial charge in [0, 0.05) is 29.1 Å². The number of non-ortho nitro benzene ring substituents is 1. The molecular weight excluding hydrogens is 445 g/mol. The largest absolute Gasteiger partial charge is 0.345 e. The van der Waals surface area contributed by atoms with E-state index >= 15 is 0 Å².